The number of rotatable bonds is 7. The number of fused-ring (bicyclic) bond motifs is 1. The third-order valence-electron chi connectivity index (χ3n) is 4.61. The molecule has 0 saturated heterocycles. The Bertz CT molecular complexity index is 1090. The molecule has 30 heavy (non-hydrogen) atoms. The summed E-state index contributed by atoms with van der Waals surface area (Å²) in [5.74, 6) is -0.325. The van der Waals surface area contributed by atoms with Crippen molar-refractivity contribution in [3.8, 4) is 0 Å². The molecular weight excluding hydrogens is 443 g/mol. The van der Waals surface area contributed by atoms with Crippen LogP contribution in [-0.4, -0.2) is 45.6 Å². The number of likely N-dealkylation sites (N-methyl/N-ethyl adjacent to an activating group) is 1. The van der Waals surface area contributed by atoms with Crippen LogP contribution in [0.25, 0.3) is 10.2 Å². The lowest BCUT2D eigenvalue weighted by molar-refractivity contribution is -0.122. The zero-order valence-electron chi connectivity index (χ0n) is 17.3. The molecule has 0 saturated carbocycles. The van der Waals surface area contributed by atoms with Crippen molar-refractivity contribution in [1.29, 1.82) is 0 Å². The van der Waals surface area contributed by atoms with Crippen LogP contribution in [0.4, 0.5) is 0 Å². The van der Waals surface area contributed by atoms with E-state index in [9.17, 15) is 9.59 Å². The first-order valence-corrected chi connectivity index (χ1v) is 11.3. The van der Waals surface area contributed by atoms with Gasteiger partial charge < -0.3 is 10.2 Å². The van der Waals surface area contributed by atoms with E-state index in [0.29, 0.717) is 28.0 Å². The van der Waals surface area contributed by atoms with Gasteiger partial charge in [-0.15, -0.1) is 11.3 Å². The van der Waals surface area contributed by atoms with Gasteiger partial charge in [-0.05, 0) is 51.5 Å². The van der Waals surface area contributed by atoms with Gasteiger partial charge in [0.2, 0.25) is 5.91 Å². The van der Waals surface area contributed by atoms with Gasteiger partial charge in [-0.1, -0.05) is 29.3 Å². The fourth-order valence-corrected chi connectivity index (χ4v) is 4.76. The van der Waals surface area contributed by atoms with Gasteiger partial charge in [-0.25, -0.2) is 0 Å². The quantitative estimate of drug-likeness (QED) is 0.546. The lowest BCUT2D eigenvalue weighted by Crippen LogP contribution is -2.42. The summed E-state index contributed by atoms with van der Waals surface area (Å²) < 4.78 is 1.85. The predicted molar refractivity (Wildman–Crippen MR) is 123 cm³/mol. The molecule has 1 aromatic carbocycles. The molecule has 9 heteroatoms. The smallest absolute Gasteiger partial charge is 0.264 e. The molecule has 6 nitrogen and oxygen atoms in total. The Kier molecular flexibility index (Phi) is 7.06. The third kappa shape index (κ3) is 4.96. The largest absolute Gasteiger partial charge is 0.352 e. The maximum Gasteiger partial charge on any atom is 0.264 e. The SMILES string of the molecule is CCN(CC(=O)NC(C)C)C(=O)c1cc2c(C)nn(Cc3ccc(Cl)cc3Cl)c2s1. The Morgan fingerprint density at radius 3 is 2.63 bits per heavy atom. The Balaban J connectivity index is 1.86. The zero-order valence-corrected chi connectivity index (χ0v) is 19.7. The molecule has 0 spiro atoms. The number of halogens is 2. The lowest BCUT2D eigenvalue weighted by atomic mass is 10.2. The molecule has 2 amide bonds. The summed E-state index contributed by atoms with van der Waals surface area (Å²) in [5.41, 5.74) is 1.73. The Morgan fingerprint density at radius 1 is 1.27 bits per heavy atom. The van der Waals surface area contributed by atoms with Crippen LogP contribution in [0.1, 0.15) is 41.7 Å². The Morgan fingerprint density at radius 2 is 2.00 bits per heavy atom. The van der Waals surface area contributed by atoms with Crippen molar-refractivity contribution in [2.45, 2.75) is 40.3 Å². The second-order valence-electron chi connectivity index (χ2n) is 7.35. The van der Waals surface area contributed by atoms with E-state index in [0.717, 1.165) is 21.5 Å². The van der Waals surface area contributed by atoms with E-state index in [4.69, 9.17) is 23.2 Å². The van der Waals surface area contributed by atoms with Crippen molar-refractivity contribution in [1.82, 2.24) is 20.0 Å². The molecule has 0 aliphatic heterocycles. The van der Waals surface area contributed by atoms with Crippen molar-refractivity contribution in [3.63, 3.8) is 0 Å². The van der Waals surface area contributed by atoms with E-state index in [1.807, 2.05) is 44.5 Å². The van der Waals surface area contributed by atoms with Crippen LogP contribution in [0.5, 0.6) is 0 Å². The summed E-state index contributed by atoms with van der Waals surface area (Å²) in [6, 6.07) is 7.26. The van der Waals surface area contributed by atoms with Gasteiger partial charge in [-0.3, -0.25) is 14.3 Å². The number of nitrogens with one attached hydrogen (secondary N) is 1. The molecular formula is C21H24Cl2N4O2S. The Hall–Kier alpha value is -2.09. The van der Waals surface area contributed by atoms with Crippen molar-refractivity contribution >= 4 is 56.6 Å². The molecule has 2 heterocycles. The van der Waals surface area contributed by atoms with Gasteiger partial charge in [0.05, 0.1) is 23.7 Å². The molecule has 160 valence electrons. The number of carbonyl (C=O) groups excluding carboxylic acids is 2. The van der Waals surface area contributed by atoms with Crippen LogP contribution in [-0.2, 0) is 11.3 Å². The van der Waals surface area contributed by atoms with Crippen molar-refractivity contribution in [2.75, 3.05) is 13.1 Å². The molecule has 0 aliphatic rings. The van der Waals surface area contributed by atoms with Crippen molar-refractivity contribution in [3.05, 3.63) is 50.4 Å². The van der Waals surface area contributed by atoms with E-state index in [1.165, 1.54) is 11.3 Å². The first-order chi connectivity index (χ1) is 14.2. The van der Waals surface area contributed by atoms with E-state index in [-0.39, 0.29) is 24.4 Å². The normalized spacial score (nSPS) is 11.3. The fraction of sp³-hybridized carbons (Fsp3) is 0.381. The van der Waals surface area contributed by atoms with Gasteiger partial charge in [0.1, 0.15) is 4.83 Å². The minimum Gasteiger partial charge on any atom is -0.352 e. The Labute approximate surface area is 189 Å². The van der Waals surface area contributed by atoms with Gasteiger partial charge in [0.15, 0.2) is 0 Å². The van der Waals surface area contributed by atoms with Crippen LogP contribution in [0.15, 0.2) is 24.3 Å². The predicted octanol–water partition coefficient (Wildman–Crippen LogP) is 4.75. The number of carbonyl (C=O) groups is 2. The van der Waals surface area contributed by atoms with E-state index < -0.39 is 0 Å². The maximum absolute atomic E-state index is 13.0. The molecule has 3 aromatic rings. The molecule has 1 N–H and O–H groups in total. The fourth-order valence-electron chi connectivity index (χ4n) is 3.16. The number of benzene rings is 1. The number of hydrogen-bond acceptors (Lipinski definition) is 4. The van der Waals surface area contributed by atoms with Crippen LogP contribution in [0.2, 0.25) is 10.0 Å². The molecule has 0 bridgehead atoms. The second-order valence-corrected chi connectivity index (χ2v) is 9.22. The number of thiophene rings is 1. The summed E-state index contributed by atoms with van der Waals surface area (Å²) in [7, 11) is 0. The number of nitrogens with zero attached hydrogens (tertiary/aromatic N) is 3. The highest BCUT2D eigenvalue weighted by Crippen LogP contribution is 2.31. The molecule has 2 aromatic heterocycles. The summed E-state index contributed by atoms with van der Waals surface area (Å²) in [6.07, 6.45) is 0. The van der Waals surface area contributed by atoms with E-state index in [2.05, 4.69) is 10.4 Å². The average Bonchev–Trinajstić information content (AvgIpc) is 3.22. The lowest BCUT2D eigenvalue weighted by Gasteiger charge is -2.20. The van der Waals surface area contributed by atoms with Gasteiger partial charge in [0.25, 0.3) is 5.91 Å². The van der Waals surface area contributed by atoms with Crippen molar-refractivity contribution < 1.29 is 9.59 Å². The standard InChI is InChI=1S/C21H24Cl2N4O2S/c1-5-26(11-19(28)24-12(2)3)20(29)18-9-16-13(4)25-27(21(16)30-18)10-14-6-7-15(22)8-17(14)23/h6-9,12H,5,10-11H2,1-4H3,(H,24,28). The number of aromatic nitrogens is 2. The first-order valence-electron chi connectivity index (χ1n) is 9.69. The van der Waals surface area contributed by atoms with Gasteiger partial charge >= 0.3 is 0 Å². The summed E-state index contributed by atoms with van der Waals surface area (Å²) in [4.78, 5) is 28.2. The highest BCUT2D eigenvalue weighted by atomic mass is 35.5. The molecule has 0 atom stereocenters. The highest BCUT2D eigenvalue weighted by Gasteiger charge is 2.22. The zero-order chi connectivity index (χ0) is 22.0. The summed E-state index contributed by atoms with van der Waals surface area (Å²) in [5, 5.41) is 9.51. The second kappa shape index (κ2) is 9.37. The minimum atomic E-state index is -0.166. The summed E-state index contributed by atoms with van der Waals surface area (Å²) in [6.45, 7) is 8.52. The average molecular weight is 467 g/mol. The van der Waals surface area contributed by atoms with Gasteiger partial charge in [0, 0.05) is 28.0 Å². The summed E-state index contributed by atoms with van der Waals surface area (Å²) >= 11 is 13.7. The van der Waals surface area contributed by atoms with Crippen LogP contribution in [0.3, 0.4) is 0 Å². The van der Waals surface area contributed by atoms with Gasteiger partial charge in [-0.2, -0.15) is 5.10 Å². The van der Waals surface area contributed by atoms with Crippen LogP contribution in [0, 0.1) is 6.92 Å². The minimum absolute atomic E-state index is 0.0314. The third-order valence-corrected chi connectivity index (χ3v) is 6.33. The number of hydrogen-bond donors (Lipinski definition) is 1. The van der Waals surface area contributed by atoms with Crippen LogP contribution >= 0.6 is 34.5 Å². The van der Waals surface area contributed by atoms with Crippen LogP contribution < -0.4 is 5.32 Å². The molecule has 0 aliphatic carbocycles. The molecule has 0 radical (unpaired) electrons. The first kappa shape index (κ1) is 22.6. The van der Waals surface area contributed by atoms with Crippen molar-refractivity contribution in [2.24, 2.45) is 0 Å². The topological polar surface area (TPSA) is 67.2 Å². The molecule has 3 rings (SSSR count). The monoisotopic (exact) mass is 466 g/mol. The van der Waals surface area contributed by atoms with E-state index >= 15 is 0 Å². The number of aryl methyl sites for hydroxylation is 1. The molecule has 0 fully saturated rings. The van der Waals surface area contributed by atoms with E-state index in [1.54, 1.807) is 17.0 Å². The number of amides is 2. The molecule has 0 unspecified atom stereocenters. The highest BCUT2D eigenvalue weighted by molar-refractivity contribution is 7.20. The maximum atomic E-state index is 13.0.